The topological polar surface area (TPSA) is 356 Å². The summed E-state index contributed by atoms with van der Waals surface area (Å²) in [6, 6.07) is 8.48. The van der Waals surface area contributed by atoms with Crippen LogP contribution in [0.2, 0.25) is 5.02 Å². The van der Waals surface area contributed by atoms with E-state index in [-0.39, 0.29) is 158 Å². The van der Waals surface area contributed by atoms with Gasteiger partial charge in [-0.05, 0) is 50.7 Å². The Bertz CT molecular complexity index is 2550. The number of pyridine rings is 1. The van der Waals surface area contributed by atoms with Crippen LogP contribution in [0, 0.1) is 18.3 Å². The summed E-state index contributed by atoms with van der Waals surface area (Å²) >= 11 is 6.18. The van der Waals surface area contributed by atoms with Gasteiger partial charge in [0.2, 0.25) is 35.4 Å². The van der Waals surface area contributed by atoms with Crippen molar-refractivity contribution in [2.75, 3.05) is 111 Å². The second kappa shape index (κ2) is 34.7. The summed E-state index contributed by atoms with van der Waals surface area (Å²) in [7, 11) is 0. The maximum absolute atomic E-state index is 13.9. The number of amides is 7. The Morgan fingerprint density at radius 2 is 1.23 bits per heavy atom. The molecule has 450 valence electrons. The van der Waals surface area contributed by atoms with Gasteiger partial charge in [-0.1, -0.05) is 41.4 Å². The van der Waals surface area contributed by atoms with E-state index >= 15 is 0 Å². The van der Waals surface area contributed by atoms with Crippen molar-refractivity contribution in [2.45, 2.75) is 89.3 Å². The first kappa shape index (κ1) is 67.1. The first-order valence-corrected chi connectivity index (χ1v) is 27.3. The number of aliphatic carboxylic acids is 3. The molecule has 3 heterocycles. The molecule has 82 heavy (non-hydrogen) atoms. The van der Waals surface area contributed by atoms with E-state index in [1.54, 1.807) is 25.7 Å². The van der Waals surface area contributed by atoms with Gasteiger partial charge in [0.15, 0.2) is 0 Å². The first-order valence-electron chi connectivity index (χ1n) is 27.0. The molecule has 0 spiro atoms. The zero-order valence-corrected chi connectivity index (χ0v) is 46.7. The fourth-order valence-corrected chi connectivity index (χ4v) is 9.08. The molecule has 4 rings (SSSR count). The van der Waals surface area contributed by atoms with Crippen LogP contribution in [0.15, 0.2) is 36.5 Å². The monoisotopic (exact) mass is 1170 g/mol. The molecular formula is C53H74ClF2N13O13. The molecule has 0 saturated carbocycles. The number of hydrogen-bond acceptors (Lipinski definition) is 16. The van der Waals surface area contributed by atoms with Crippen molar-refractivity contribution in [1.29, 1.82) is 5.26 Å². The van der Waals surface area contributed by atoms with E-state index in [9.17, 15) is 77.3 Å². The summed E-state index contributed by atoms with van der Waals surface area (Å²) in [5.41, 5.74) is 2.25. The number of alkyl halides is 2. The number of aromatic nitrogens is 1. The maximum atomic E-state index is 13.9. The fourth-order valence-electron chi connectivity index (χ4n) is 8.89. The Morgan fingerprint density at radius 3 is 1.80 bits per heavy atom. The normalized spacial score (nSPS) is 16.7. The fraction of sp³-hybridized carbons (Fsp3) is 0.585. The van der Waals surface area contributed by atoms with Crippen LogP contribution in [-0.2, 0) is 56.1 Å². The van der Waals surface area contributed by atoms with E-state index in [0.29, 0.717) is 30.6 Å². The van der Waals surface area contributed by atoms with Gasteiger partial charge in [-0.2, -0.15) is 5.26 Å². The number of benzene rings is 1. The Kier molecular flexibility index (Phi) is 28.4. The highest BCUT2D eigenvalue weighted by atomic mass is 35.5. The van der Waals surface area contributed by atoms with Crippen LogP contribution in [0.1, 0.15) is 78.5 Å². The number of aryl methyl sites for hydroxylation is 2. The zero-order valence-electron chi connectivity index (χ0n) is 45.9. The molecule has 0 bridgehead atoms. The Morgan fingerprint density at radius 1 is 0.695 bits per heavy atom. The van der Waals surface area contributed by atoms with Crippen LogP contribution < -0.4 is 31.9 Å². The molecule has 7 amide bonds. The summed E-state index contributed by atoms with van der Waals surface area (Å²) in [4.78, 5) is 137. The SMILES string of the molecule is Cc1ccc(CCCC(=O)NCCNC(=O)C(CCCCNC(=O)CN2CCN(CC(=O)O)CCN(CC(=O)O)CCN(CC(=O)O)CC2)NC(=O)CCC(=O)NCc2cc(C(=O)NCC(=O)N3CC(F)(F)C[C@H]3C#N)c(Cl)cn2)cc1. The number of rotatable bonds is 30. The molecule has 26 nitrogen and oxygen atoms in total. The van der Waals surface area contributed by atoms with E-state index in [0.717, 1.165) is 17.3 Å². The van der Waals surface area contributed by atoms with Crippen LogP contribution in [0.5, 0.6) is 0 Å². The molecule has 0 aliphatic carbocycles. The number of unbranched alkanes of at least 4 members (excludes halogenated alkanes) is 1. The van der Waals surface area contributed by atoms with E-state index in [1.807, 2.05) is 31.2 Å². The van der Waals surface area contributed by atoms with Crippen molar-refractivity contribution in [1.82, 2.24) is 61.4 Å². The Labute approximate surface area is 478 Å². The summed E-state index contributed by atoms with van der Waals surface area (Å²) in [5.74, 6) is -10.6. The average Bonchev–Trinajstić information content (AvgIpc) is 3.98. The number of hydrogen-bond donors (Lipinski definition) is 9. The predicted octanol–water partition coefficient (Wildman–Crippen LogP) is -0.569. The lowest BCUT2D eigenvalue weighted by Gasteiger charge is -2.32. The molecule has 1 aromatic carbocycles. The largest absolute Gasteiger partial charge is 0.480 e. The first-order chi connectivity index (χ1) is 39.0. The standard InChI is InChI=1S/C53H74ClF2N13O13/c1-36-8-10-37(11-9-36)5-4-7-43(70)59-15-16-60-52(82)42(6-2-3-14-58-46(73)31-65-17-19-66(32-48(75)76)21-23-68(34-50(79)80)24-22-67(20-18-65)33-49(77)78)64-45(72)13-12-44(71)62-28-38-25-40(41(54)29-61-38)51(81)63-30-47(74)69-35-53(55,56)26-39(69)27-57/h8-11,25,29,39,42H,2-7,12-24,26,28,30-35H2,1H3,(H,58,73)(H,59,70)(H,60,82)(H,62,71)(H,63,81)(H,64,72)(H,75,76)(H,77,78)(H,79,80)/t39-,42?/m0/s1. The van der Waals surface area contributed by atoms with Gasteiger partial charge in [-0.3, -0.25) is 72.5 Å². The van der Waals surface area contributed by atoms with Crippen molar-refractivity contribution in [3.05, 3.63) is 63.9 Å². The predicted molar refractivity (Wildman–Crippen MR) is 291 cm³/mol. The third-order valence-corrected chi connectivity index (χ3v) is 13.6. The van der Waals surface area contributed by atoms with Crippen molar-refractivity contribution in [3.8, 4) is 6.07 Å². The summed E-state index contributed by atoms with van der Waals surface area (Å²) in [6.07, 6.45) is 2.04. The Hall–Kier alpha value is -7.45. The van der Waals surface area contributed by atoms with Gasteiger partial charge in [0, 0.05) is 104 Å². The van der Waals surface area contributed by atoms with Gasteiger partial charge in [0.1, 0.15) is 12.1 Å². The van der Waals surface area contributed by atoms with Gasteiger partial charge in [0.05, 0.1) is 68.2 Å². The maximum Gasteiger partial charge on any atom is 0.317 e. The number of halogens is 3. The number of carbonyl (C=O) groups is 10. The van der Waals surface area contributed by atoms with Crippen LogP contribution >= 0.6 is 11.6 Å². The quantitative estimate of drug-likeness (QED) is 0.0442. The molecule has 1 unspecified atom stereocenters. The molecular weight excluding hydrogens is 1100 g/mol. The molecule has 9 N–H and O–H groups in total. The third kappa shape index (κ3) is 26.0. The number of carboxylic acid groups (broad SMARTS) is 3. The number of likely N-dealkylation sites (tertiary alicyclic amines) is 1. The van der Waals surface area contributed by atoms with Crippen LogP contribution in [0.4, 0.5) is 8.78 Å². The van der Waals surface area contributed by atoms with Gasteiger partial charge in [-0.25, -0.2) is 8.78 Å². The lowest BCUT2D eigenvalue weighted by Crippen LogP contribution is -2.49. The average molecular weight is 1170 g/mol. The van der Waals surface area contributed by atoms with Crippen molar-refractivity contribution in [3.63, 3.8) is 0 Å². The number of carboxylic acids is 3. The third-order valence-electron chi connectivity index (χ3n) is 13.3. The minimum atomic E-state index is -3.25. The summed E-state index contributed by atoms with van der Waals surface area (Å²) in [5, 5.41) is 53.5. The van der Waals surface area contributed by atoms with Crippen molar-refractivity contribution < 1.29 is 72.0 Å². The highest BCUT2D eigenvalue weighted by Gasteiger charge is 2.47. The molecule has 2 aliphatic heterocycles. The molecule has 2 atom stereocenters. The second-order valence-corrected chi connectivity index (χ2v) is 20.5. The van der Waals surface area contributed by atoms with Crippen LogP contribution in [0.3, 0.4) is 0 Å². The van der Waals surface area contributed by atoms with Crippen molar-refractivity contribution in [2.24, 2.45) is 0 Å². The molecule has 2 fully saturated rings. The number of carbonyl (C=O) groups excluding carboxylic acids is 7. The lowest BCUT2D eigenvalue weighted by atomic mass is 10.1. The molecule has 2 aliphatic rings. The van der Waals surface area contributed by atoms with Gasteiger partial charge >= 0.3 is 17.9 Å². The molecule has 29 heteroatoms. The van der Waals surface area contributed by atoms with E-state index in [4.69, 9.17) is 11.6 Å². The number of nitrogens with one attached hydrogen (secondary N) is 6. The zero-order chi connectivity index (χ0) is 60.2. The van der Waals surface area contributed by atoms with E-state index < -0.39 is 85.0 Å². The minimum Gasteiger partial charge on any atom is -0.480 e. The number of nitrogens with zero attached hydrogens (tertiary/aromatic N) is 7. The lowest BCUT2D eigenvalue weighted by molar-refractivity contribution is -0.140. The van der Waals surface area contributed by atoms with Gasteiger partial charge in [-0.15, -0.1) is 0 Å². The Balaban J connectivity index is 1.29. The van der Waals surface area contributed by atoms with E-state index in [1.165, 1.54) is 6.07 Å². The minimum absolute atomic E-state index is 0.0399. The summed E-state index contributed by atoms with van der Waals surface area (Å²) in [6.45, 7) is 1.16. The summed E-state index contributed by atoms with van der Waals surface area (Å²) < 4.78 is 27.7. The van der Waals surface area contributed by atoms with Gasteiger partial charge < -0.3 is 52.1 Å². The van der Waals surface area contributed by atoms with Crippen LogP contribution in [-0.4, -0.2) is 233 Å². The van der Waals surface area contributed by atoms with Crippen LogP contribution in [0.25, 0.3) is 0 Å². The highest BCUT2D eigenvalue weighted by Crippen LogP contribution is 2.31. The highest BCUT2D eigenvalue weighted by molar-refractivity contribution is 6.33. The van der Waals surface area contributed by atoms with Crippen molar-refractivity contribution >= 4 is 70.9 Å². The number of nitriles is 1. The smallest absolute Gasteiger partial charge is 0.317 e. The second-order valence-electron chi connectivity index (χ2n) is 20.1. The molecule has 0 radical (unpaired) electrons. The van der Waals surface area contributed by atoms with E-state index in [2.05, 4.69) is 36.9 Å². The molecule has 1 aromatic heterocycles. The molecule has 2 saturated heterocycles. The van der Waals surface area contributed by atoms with Gasteiger partial charge in [0.25, 0.3) is 11.8 Å². The molecule has 2 aromatic rings.